The lowest BCUT2D eigenvalue weighted by Crippen LogP contribution is -2.22. The zero-order valence-electron chi connectivity index (χ0n) is 13.6. The van der Waals surface area contributed by atoms with Gasteiger partial charge in [-0.15, -0.1) is 0 Å². The Labute approximate surface area is 157 Å². The van der Waals surface area contributed by atoms with Crippen molar-refractivity contribution in [3.63, 3.8) is 0 Å². The van der Waals surface area contributed by atoms with Crippen molar-refractivity contribution in [2.75, 3.05) is 0 Å². The Morgan fingerprint density at radius 2 is 1.77 bits per heavy atom. The van der Waals surface area contributed by atoms with Crippen LogP contribution in [0.25, 0.3) is 16.7 Å². The van der Waals surface area contributed by atoms with Crippen molar-refractivity contribution in [2.45, 2.75) is 31.7 Å². The summed E-state index contributed by atoms with van der Waals surface area (Å²) >= 11 is 12.5. The van der Waals surface area contributed by atoms with Crippen molar-refractivity contribution in [3.8, 4) is 5.69 Å². The number of benzene rings is 1. The normalized spacial score (nSPS) is 15.0. The Bertz CT molecular complexity index is 1060. The SMILES string of the molecule is O=c1ccc2c(cnn2-c2c(Cl)cc([N+](=O)[O-])cc2Cl)n1C1CCCC1. The van der Waals surface area contributed by atoms with Gasteiger partial charge in [0.2, 0.25) is 0 Å². The molecule has 0 N–H and O–H groups in total. The Morgan fingerprint density at radius 3 is 2.38 bits per heavy atom. The molecule has 1 aromatic carbocycles. The molecule has 3 aromatic rings. The zero-order valence-corrected chi connectivity index (χ0v) is 15.1. The monoisotopic (exact) mass is 392 g/mol. The fraction of sp³-hybridized carbons (Fsp3) is 0.294. The fourth-order valence-electron chi connectivity index (χ4n) is 3.62. The van der Waals surface area contributed by atoms with Gasteiger partial charge in [-0.1, -0.05) is 36.0 Å². The van der Waals surface area contributed by atoms with Crippen molar-refractivity contribution in [3.05, 3.63) is 61.0 Å². The largest absolute Gasteiger partial charge is 0.302 e. The molecule has 0 radical (unpaired) electrons. The molecule has 4 rings (SSSR count). The number of fused-ring (bicyclic) bond motifs is 1. The van der Waals surface area contributed by atoms with Crippen LogP contribution in [0.1, 0.15) is 31.7 Å². The highest BCUT2D eigenvalue weighted by atomic mass is 35.5. The molecule has 1 aliphatic rings. The van der Waals surface area contributed by atoms with E-state index in [4.69, 9.17) is 23.2 Å². The Balaban J connectivity index is 1.93. The van der Waals surface area contributed by atoms with Gasteiger partial charge in [0.1, 0.15) is 5.69 Å². The minimum absolute atomic E-state index is 0.0650. The summed E-state index contributed by atoms with van der Waals surface area (Å²) in [4.78, 5) is 22.8. The summed E-state index contributed by atoms with van der Waals surface area (Å²) in [5.41, 5.74) is 1.47. The molecule has 2 heterocycles. The molecular weight excluding hydrogens is 379 g/mol. The number of nitro benzene ring substituents is 1. The number of halogens is 2. The molecule has 9 heteroatoms. The van der Waals surface area contributed by atoms with Crippen LogP contribution in [0.3, 0.4) is 0 Å². The van der Waals surface area contributed by atoms with Crippen LogP contribution in [-0.2, 0) is 0 Å². The van der Waals surface area contributed by atoms with E-state index in [1.165, 1.54) is 22.9 Å². The smallest absolute Gasteiger partial charge is 0.272 e. The molecule has 2 aromatic heterocycles. The number of hydrogen-bond acceptors (Lipinski definition) is 4. The predicted octanol–water partition coefficient (Wildman–Crippen LogP) is 4.52. The molecule has 26 heavy (non-hydrogen) atoms. The second-order valence-corrected chi connectivity index (χ2v) is 7.14. The molecule has 0 atom stereocenters. The summed E-state index contributed by atoms with van der Waals surface area (Å²) in [7, 11) is 0. The molecule has 7 nitrogen and oxygen atoms in total. The van der Waals surface area contributed by atoms with E-state index in [0.29, 0.717) is 16.7 Å². The minimum atomic E-state index is -0.555. The molecule has 0 spiro atoms. The predicted molar refractivity (Wildman–Crippen MR) is 99.5 cm³/mol. The number of non-ortho nitro benzene ring substituents is 1. The first-order chi connectivity index (χ1) is 12.5. The lowest BCUT2D eigenvalue weighted by atomic mass is 10.2. The van der Waals surface area contributed by atoms with E-state index in [2.05, 4.69) is 5.10 Å². The Hall–Kier alpha value is -2.38. The van der Waals surface area contributed by atoms with Gasteiger partial charge < -0.3 is 4.57 Å². The molecule has 1 fully saturated rings. The summed E-state index contributed by atoms with van der Waals surface area (Å²) in [5.74, 6) is 0. The topological polar surface area (TPSA) is 83.0 Å². The van der Waals surface area contributed by atoms with E-state index in [1.807, 2.05) is 0 Å². The summed E-state index contributed by atoms with van der Waals surface area (Å²) in [6, 6.07) is 5.81. The van der Waals surface area contributed by atoms with Crippen LogP contribution in [0.4, 0.5) is 5.69 Å². The highest BCUT2D eigenvalue weighted by Crippen LogP contribution is 2.35. The number of nitrogens with zero attached hydrogens (tertiary/aromatic N) is 4. The lowest BCUT2D eigenvalue weighted by molar-refractivity contribution is -0.384. The van der Waals surface area contributed by atoms with Crippen LogP contribution >= 0.6 is 23.2 Å². The summed E-state index contributed by atoms with van der Waals surface area (Å²) < 4.78 is 3.30. The van der Waals surface area contributed by atoms with Crippen LogP contribution < -0.4 is 5.56 Å². The molecule has 0 saturated heterocycles. The number of pyridine rings is 1. The molecule has 0 aliphatic heterocycles. The van der Waals surface area contributed by atoms with Gasteiger partial charge in [-0.25, -0.2) is 4.68 Å². The second kappa shape index (κ2) is 6.41. The van der Waals surface area contributed by atoms with E-state index in [9.17, 15) is 14.9 Å². The molecule has 0 bridgehead atoms. The van der Waals surface area contributed by atoms with Gasteiger partial charge in [0.05, 0.1) is 32.2 Å². The van der Waals surface area contributed by atoms with E-state index in [1.54, 1.807) is 16.8 Å². The first-order valence-electron chi connectivity index (χ1n) is 8.20. The number of hydrogen-bond donors (Lipinski definition) is 0. The molecular formula is C17H14Cl2N4O3. The summed E-state index contributed by atoms with van der Waals surface area (Å²) in [6.45, 7) is 0. The van der Waals surface area contributed by atoms with Crippen LogP contribution in [0.15, 0.2) is 35.3 Å². The van der Waals surface area contributed by atoms with Crippen molar-refractivity contribution in [1.82, 2.24) is 14.3 Å². The third-order valence-corrected chi connectivity index (χ3v) is 5.36. The third kappa shape index (κ3) is 2.68. The number of nitro groups is 1. The number of aromatic nitrogens is 3. The van der Waals surface area contributed by atoms with Crippen molar-refractivity contribution in [2.24, 2.45) is 0 Å². The van der Waals surface area contributed by atoms with E-state index in [0.717, 1.165) is 25.7 Å². The maximum Gasteiger partial charge on any atom is 0.272 e. The van der Waals surface area contributed by atoms with Gasteiger partial charge in [-0.2, -0.15) is 5.10 Å². The van der Waals surface area contributed by atoms with Crippen molar-refractivity contribution < 1.29 is 4.92 Å². The van der Waals surface area contributed by atoms with Crippen LogP contribution in [0.5, 0.6) is 0 Å². The second-order valence-electron chi connectivity index (χ2n) is 6.32. The highest BCUT2D eigenvalue weighted by molar-refractivity contribution is 6.38. The van der Waals surface area contributed by atoms with E-state index < -0.39 is 4.92 Å². The number of rotatable bonds is 3. The van der Waals surface area contributed by atoms with Crippen LogP contribution in [0, 0.1) is 10.1 Å². The molecule has 1 aliphatic carbocycles. The van der Waals surface area contributed by atoms with Gasteiger partial charge in [-0.05, 0) is 18.9 Å². The van der Waals surface area contributed by atoms with Gasteiger partial charge >= 0.3 is 0 Å². The Kier molecular flexibility index (Phi) is 4.20. The third-order valence-electron chi connectivity index (χ3n) is 4.78. The van der Waals surface area contributed by atoms with Crippen molar-refractivity contribution >= 4 is 39.9 Å². The summed E-state index contributed by atoms with van der Waals surface area (Å²) in [6.07, 6.45) is 5.74. The van der Waals surface area contributed by atoms with Crippen molar-refractivity contribution in [1.29, 1.82) is 0 Å². The van der Waals surface area contributed by atoms with E-state index >= 15 is 0 Å². The first kappa shape index (κ1) is 17.1. The maximum absolute atomic E-state index is 12.4. The summed E-state index contributed by atoms with van der Waals surface area (Å²) in [5, 5.41) is 15.6. The molecule has 1 saturated carbocycles. The molecule has 134 valence electrons. The van der Waals surface area contributed by atoms with Gasteiger partial charge in [0.15, 0.2) is 0 Å². The zero-order chi connectivity index (χ0) is 18.4. The first-order valence-corrected chi connectivity index (χ1v) is 8.96. The van der Waals surface area contributed by atoms with Gasteiger partial charge in [0, 0.05) is 24.2 Å². The standard InChI is InChI=1S/C17H14Cl2N4O3/c18-12-7-11(23(25)26)8-13(19)17(12)22-14-5-6-16(24)21(15(14)9-20-22)10-3-1-2-4-10/h5-10H,1-4H2. The van der Waals surface area contributed by atoms with Crippen LogP contribution in [-0.4, -0.2) is 19.3 Å². The Morgan fingerprint density at radius 1 is 1.12 bits per heavy atom. The molecule has 0 unspecified atom stereocenters. The average molecular weight is 393 g/mol. The lowest BCUT2D eigenvalue weighted by Gasteiger charge is -2.15. The maximum atomic E-state index is 12.4. The molecule has 0 amide bonds. The van der Waals surface area contributed by atoms with E-state index in [-0.39, 0.29) is 27.3 Å². The van der Waals surface area contributed by atoms with Gasteiger partial charge in [0.25, 0.3) is 11.2 Å². The fourth-order valence-corrected chi connectivity index (χ4v) is 4.25. The quantitative estimate of drug-likeness (QED) is 0.484. The minimum Gasteiger partial charge on any atom is -0.302 e. The average Bonchev–Trinajstić information content (AvgIpc) is 3.24. The van der Waals surface area contributed by atoms with Crippen LogP contribution in [0.2, 0.25) is 10.0 Å². The highest BCUT2D eigenvalue weighted by Gasteiger charge is 2.23. The van der Waals surface area contributed by atoms with Gasteiger partial charge in [-0.3, -0.25) is 14.9 Å².